The molecule has 0 saturated heterocycles. The van der Waals surface area contributed by atoms with Crippen LogP contribution in [0.4, 0.5) is 13.2 Å². The van der Waals surface area contributed by atoms with Crippen molar-refractivity contribution in [1.82, 2.24) is 18.9 Å². The molecule has 2 aromatic heterocycles. The lowest BCUT2D eigenvalue weighted by Gasteiger charge is -2.22. The molecule has 0 aliphatic rings. The molecule has 0 unspecified atom stereocenters. The number of alkyl halides is 3. The number of imidazole rings is 2. The first-order chi connectivity index (χ1) is 18.2. The van der Waals surface area contributed by atoms with Crippen LogP contribution in [0.5, 0.6) is 0 Å². The van der Waals surface area contributed by atoms with E-state index >= 15 is 0 Å². The highest BCUT2D eigenvalue weighted by Crippen LogP contribution is 2.37. The van der Waals surface area contributed by atoms with Gasteiger partial charge in [-0.2, -0.15) is 13.2 Å². The van der Waals surface area contributed by atoms with Crippen LogP contribution >= 0.6 is 0 Å². The van der Waals surface area contributed by atoms with Crippen molar-refractivity contribution in [3.8, 4) is 5.69 Å². The third-order valence-corrected chi connectivity index (χ3v) is 7.12. The van der Waals surface area contributed by atoms with Crippen LogP contribution in [-0.4, -0.2) is 31.9 Å². The number of benzene rings is 3. The van der Waals surface area contributed by atoms with Gasteiger partial charge in [-0.05, 0) is 69.0 Å². The van der Waals surface area contributed by atoms with Crippen molar-refractivity contribution in [2.75, 3.05) is 13.1 Å². The highest BCUT2D eigenvalue weighted by atomic mass is 19.4. The van der Waals surface area contributed by atoms with Crippen LogP contribution in [0.15, 0.2) is 66.7 Å². The zero-order valence-electron chi connectivity index (χ0n) is 22.3. The summed E-state index contributed by atoms with van der Waals surface area (Å²) >= 11 is 0. The Kier molecular flexibility index (Phi) is 7.05. The molecular weight excluding hydrogens is 485 g/mol. The maximum Gasteiger partial charge on any atom is 0.435 e. The lowest BCUT2D eigenvalue weighted by Crippen LogP contribution is -2.28. The Morgan fingerprint density at radius 3 is 2.11 bits per heavy atom. The van der Waals surface area contributed by atoms with Gasteiger partial charge >= 0.3 is 6.18 Å². The third-order valence-electron chi connectivity index (χ3n) is 7.12. The zero-order valence-corrected chi connectivity index (χ0v) is 22.3. The second-order valence-electron chi connectivity index (χ2n) is 10.1. The first-order valence-electron chi connectivity index (χ1n) is 13.1. The molecule has 0 fully saturated rings. The van der Waals surface area contributed by atoms with Gasteiger partial charge in [-0.15, -0.1) is 0 Å². The highest BCUT2D eigenvalue weighted by molar-refractivity contribution is 5.85. The van der Waals surface area contributed by atoms with Gasteiger partial charge in [0, 0.05) is 13.1 Å². The second kappa shape index (κ2) is 10.3. The van der Waals surface area contributed by atoms with Crippen LogP contribution in [0.2, 0.25) is 0 Å². The molecule has 7 heteroatoms. The van der Waals surface area contributed by atoms with E-state index in [0.29, 0.717) is 18.9 Å². The van der Waals surface area contributed by atoms with Gasteiger partial charge in [0.1, 0.15) is 0 Å². The maximum absolute atomic E-state index is 14.5. The Balaban J connectivity index is 1.70. The number of nitrogens with zero attached hydrogens (tertiary/aromatic N) is 4. The van der Waals surface area contributed by atoms with Crippen molar-refractivity contribution in [3.63, 3.8) is 0 Å². The Labute approximate surface area is 221 Å². The molecule has 38 heavy (non-hydrogen) atoms. The molecule has 5 rings (SSSR count). The van der Waals surface area contributed by atoms with Crippen molar-refractivity contribution < 1.29 is 13.2 Å². The standard InChI is InChI=1S/C31H33F3N4/c1-5-16-36(17-15-24-11-7-6-8-12-24)20-27-29(31(32,33)34)35-30-37(27)25-13-9-10-14-26(25)38(30)28-22(3)18-21(2)19-23(28)4/h6-14,18-19H,5,15-17,20H2,1-4H3. The summed E-state index contributed by atoms with van der Waals surface area (Å²) in [6.07, 6.45) is -2.95. The molecule has 4 nitrogen and oxygen atoms in total. The van der Waals surface area contributed by atoms with E-state index in [4.69, 9.17) is 0 Å². The smallest absolute Gasteiger partial charge is 0.297 e. The van der Waals surface area contributed by atoms with E-state index in [1.54, 1.807) is 4.40 Å². The second-order valence-corrected chi connectivity index (χ2v) is 10.1. The molecular formula is C31H33F3N4. The van der Waals surface area contributed by atoms with E-state index in [2.05, 4.69) is 41.1 Å². The van der Waals surface area contributed by atoms with Crippen molar-refractivity contribution in [2.24, 2.45) is 0 Å². The van der Waals surface area contributed by atoms with Gasteiger partial charge in [0.05, 0.1) is 22.4 Å². The summed E-state index contributed by atoms with van der Waals surface area (Å²) in [5, 5.41) is 0. The lowest BCUT2D eigenvalue weighted by molar-refractivity contribution is -0.141. The molecule has 0 aliphatic carbocycles. The van der Waals surface area contributed by atoms with E-state index in [1.807, 2.05) is 67.8 Å². The molecule has 0 spiro atoms. The average Bonchev–Trinajstić information content (AvgIpc) is 3.39. The van der Waals surface area contributed by atoms with E-state index in [0.717, 1.165) is 46.3 Å². The van der Waals surface area contributed by atoms with Crippen molar-refractivity contribution in [3.05, 3.63) is 100 Å². The topological polar surface area (TPSA) is 25.5 Å². The Bertz CT molecular complexity index is 1560. The normalized spacial score (nSPS) is 12.3. The summed E-state index contributed by atoms with van der Waals surface area (Å²) in [6.45, 7) is 9.62. The predicted molar refractivity (Wildman–Crippen MR) is 147 cm³/mol. The molecule has 0 amide bonds. The molecule has 198 valence electrons. The number of hydrogen-bond acceptors (Lipinski definition) is 2. The quantitative estimate of drug-likeness (QED) is 0.211. The molecule has 0 bridgehead atoms. The number of aryl methyl sites for hydroxylation is 3. The number of halogens is 3. The van der Waals surface area contributed by atoms with Crippen molar-refractivity contribution >= 4 is 16.8 Å². The number of hydrogen-bond donors (Lipinski definition) is 0. The van der Waals surface area contributed by atoms with E-state index < -0.39 is 11.9 Å². The first-order valence-corrected chi connectivity index (χ1v) is 13.1. The summed E-state index contributed by atoms with van der Waals surface area (Å²) in [5.41, 5.74) is 6.10. The molecule has 3 aromatic carbocycles. The minimum atomic E-state index is -4.57. The maximum atomic E-state index is 14.5. The SMILES string of the molecule is CCCN(CCc1ccccc1)Cc1c(C(F)(F)F)nc2n(-c3c(C)cc(C)cc3C)c3ccccc3n12. The summed E-state index contributed by atoms with van der Waals surface area (Å²) in [4.78, 5) is 6.42. The largest absolute Gasteiger partial charge is 0.435 e. The lowest BCUT2D eigenvalue weighted by atomic mass is 10.0. The van der Waals surface area contributed by atoms with E-state index in [-0.39, 0.29) is 12.2 Å². The van der Waals surface area contributed by atoms with Crippen LogP contribution in [0.1, 0.15) is 47.0 Å². The predicted octanol–water partition coefficient (Wildman–Crippen LogP) is 7.68. The van der Waals surface area contributed by atoms with Crippen LogP contribution < -0.4 is 0 Å². The first kappa shape index (κ1) is 26.0. The van der Waals surface area contributed by atoms with Crippen LogP contribution in [0.3, 0.4) is 0 Å². The zero-order chi connectivity index (χ0) is 27.0. The van der Waals surface area contributed by atoms with Gasteiger partial charge in [-0.1, -0.05) is 67.1 Å². The van der Waals surface area contributed by atoms with Gasteiger partial charge < -0.3 is 0 Å². The molecule has 0 aliphatic heterocycles. The molecule has 0 saturated carbocycles. The molecule has 2 heterocycles. The fourth-order valence-corrected chi connectivity index (χ4v) is 5.64. The highest BCUT2D eigenvalue weighted by Gasteiger charge is 2.39. The van der Waals surface area contributed by atoms with Gasteiger partial charge in [-0.25, -0.2) is 4.98 Å². The number of para-hydroxylation sites is 2. The number of rotatable bonds is 8. The molecule has 0 N–H and O–H groups in total. The average molecular weight is 519 g/mol. The Morgan fingerprint density at radius 1 is 0.842 bits per heavy atom. The summed E-state index contributed by atoms with van der Waals surface area (Å²) in [7, 11) is 0. The fourth-order valence-electron chi connectivity index (χ4n) is 5.64. The van der Waals surface area contributed by atoms with Gasteiger partial charge in [0.15, 0.2) is 5.69 Å². The monoisotopic (exact) mass is 518 g/mol. The third kappa shape index (κ3) is 4.83. The minimum Gasteiger partial charge on any atom is -0.297 e. The minimum absolute atomic E-state index is 0.163. The summed E-state index contributed by atoms with van der Waals surface area (Å²) in [6, 6.07) is 21.8. The fraction of sp³-hybridized carbons (Fsp3) is 0.323. The Hall–Kier alpha value is -3.58. The Morgan fingerprint density at radius 2 is 1.47 bits per heavy atom. The molecule has 0 atom stereocenters. The van der Waals surface area contributed by atoms with Gasteiger partial charge in [0.25, 0.3) is 0 Å². The molecule has 0 radical (unpaired) electrons. The van der Waals surface area contributed by atoms with Crippen LogP contribution in [0, 0.1) is 20.8 Å². The van der Waals surface area contributed by atoms with Gasteiger partial charge in [0.2, 0.25) is 5.78 Å². The van der Waals surface area contributed by atoms with Crippen LogP contribution in [-0.2, 0) is 19.1 Å². The number of fused-ring (bicyclic) bond motifs is 3. The van der Waals surface area contributed by atoms with Crippen LogP contribution in [0.25, 0.3) is 22.5 Å². The summed E-state index contributed by atoms with van der Waals surface area (Å²) < 4.78 is 47.1. The van der Waals surface area contributed by atoms with Crippen molar-refractivity contribution in [1.29, 1.82) is 0 Å². The van der Waals surface area contributed by atoms with E-state index in [1.165, 1.54) is 5.56 Å². The van der Waals surface area contributed by atoms with E-state index in [9.17, 15) is 13.2 Å². The molecule has 5 aromatic rings. The number of aromatic nitrogens is 3. The summed E-state index contributed by atoms with van der Waals surface area (Å²) in [5.74, 6) is 0.295. The van der Waals surface area contributed by atoms with Gasteiger partial charge in [-0.3, -0.25) is 13.9 Å². The van der Waals surface area contributed by atoms with Crippen molar-refractivity contribution in [2.45, 2.75) is 53.3 Å².